The van der Waals surface area contributed by atoms with E-state index in [0.29, 0.717) is 12.1 Å². The molecule has 0 aromatic rings. The normalized spacial score (nSPS) is 32.9. The second-order valence-corrected chi connectivity index (χ2v) is 5.03. The fraction of sp³-hybridized carbons (Fsp3) is 0.857. The summed E-state index contributed by atoms with van der Waals surface area (Å²) in [5.41, 5.74) is 0. The third-order valence-electron chi connectivity index (χ3n) is 4.01. The van der Waals surface area contributed by atoms with E-state index in [2.05, 4.69) is 33.9 Å². The van der Waals surface area contributed by atoms with Crippen molar-refractivity contribution in [3.8, 4) is 11.8 Å². The molecule has 0 saturated carbocycles. The Morgan fingerprint density at radius 2 is 2.06 bits per heavy atom. The number of nitrogens with zero attached hydrogens (tertiary/aromatic N) is 2. The molecule has 0 radical (unpaired) electrons. The Labute approximate surface area is 106 Å². The Bertz CT molecular complexity index is 284. The largest absolute Gasteiger partial charge is 0.313 e. The molecular weight excluding hydrogens is 210 g/mol. The lowest BCUT2D eigenvalue weighted by Crippen LogP contribution is -2.66. The number of piperazine rings is 3. The first-order valence-electron chi connectivity index (χ1n) is 6.94. The fourth-order valence-corrected chi connectivity index (χ4v) is 3.08. The van der Waals surface area contributed by atoms with E-state index < -0.39 is 0 Å². The van der Waals surface area contributed by atoms with Gasteiger partial charge in [-0.05, 0) is 19.9 Å². The lowest BCUT2D eigenvalue weighted by molar-refractivity contribution is -0.00398. The van der Waals surface area contributed by atoms with Crippen molar-refractivity contribution in [2.45, 2.75) is 38.8 Å². The highest BCUT2D eigenvalue weighted by Gasteiger charge is 2.35. The summed E-state index contributed by atoms with van der Waals surface area (Å²) in [6.45, 7) is 11.5. The van der Waals surface area contributed by atoms with Gasteiger partial charge in [-0.3, -0.25) is 9.80 Å². The van der Waals surface area contributed by atoms with Gasteiger partial charge < -0.3 is 5.32 Å². The maximum atomic E-state index is 3.66. The summed E-state index contributed by atoms with van der Waals surface area (Å²) in [6.07, 6.45) is 2.21. The van der Waals surface area contributed by atoms with Crippen LogP contribution in [0.15, 0.2) is 0 Å². The smallest absolute Gasteiger partial charge is 0.0377 e. The highest BCUT2D eigenvalue weighted by Crippen LogP contribution is 2.20. The SMILES string of the molecule is CC#CCCC(NCC)C1CN2CCN1CC2. The van der Waals surface area contributed by atoms with Crippen molar-refractivity contribution in [2.24, 2.45) is 0 Å². The number of hydrogen-bond donors (Lipinski definition) is 1. The highest BCUT2D eigenvalue weighted by atomic mass is 15.4. The number of nitrogens with one attached hydrogen (secondary N) is 1. The standard InChI is InChI=1S/C14H25N3/c1-3-5-6-7-13(15-4-2)14-12-16-8-10-17(14)11-9-16/h13-15H,4,6-12H2,1-2H3. The van der Waals surface area contributed by atoms with Crippen LogP contribution in [0.3, 0.4) is 0 Å². The van der Waals surface area contributed by atoms with Crippen molar-refractivity contribution < 1.29 is 0 Å². The van der Waals surface area contributed by atoms with Crippen LogP contribution < -0.4 is 5.32 Å². The maximum absolute atomic E-state index is 3.66. The summed E-state index contributed by atoms with van der Waals surface area (Å²) < 4.78 is 0. The van der Waals surface area contributed by atoms with Gasteiger partial charge in [0.2, 0.25) is 0 Å². The van der Waals surface area contributed by atoms with Crippen LogP contribution in [0.1, 0.15) is 26.7 Å². The molecule has 3 rings (SSSR count). The predicted molar refractivity (Wildman–Crippen MR) is 71.9 cm³/mol. The Balaban J connectivity index is 1.91. The number of rotatable bonds is 5. The number of likely N-dealkylation sites (N-methyl/N-ethyl adjacent to an activating group) is 1. The molecule has 2 bridgehead atoms. The zero-order valence-corrected chi connectivity index (χ0v) is 11.2. The van der Waals surface area contributed by atoms with Gasteiger partial charge in [-0.15, -0.1) is 11.8 Å². The number of fused-ring (bicyclic) bond motifs is 3. The van der Waals surface area contributed by atoms with Crippen LogP contribution in [0.25, 0.3) is 0 Å². The van der Waals surface area contributed by atoms with Gasteiger partial charge in [-0.1, -0.05) is 6.92 Å². The Kier molecular flexibility index (Phi) is 4.85. The lowest BCUT2D eigenvalue weighted by atomic mass is 9.96. The van der Waals surface area contributed by atoms with Crippen molar-refractivity contribution in [1.82, 2.24) is 15.1 Å². The first-order chi connectivity index (χ1) is 8.35. The summed E-state index contributed by atoms with van der Waals surface area (Å²) in [5, 5.41) is 3.66. The van der Waals surface area contributed by atoms with E-state index in [0.717, 1.165) is 13.0 Å². The Hall–Kier alpha value is -0.560. The molecule has 0 amide bonds. The predicted octanol–water partition coefficient (Wildman–Crippen LogP) is 0.768. The van der Waals surface area contributed by atoms with Gasteiger partial charge in [-0.25, -0.2) is 0 Å². The number of hydrogen-bond acceptors (Lipinski definition) is 3. The van der Waals surface area contributed by atoms with Gasteiger partial charge >= 0.3 is 0 Å². The molecule has 3 aliphatic heterocycles. The zero-order valence-electron chi connectivity index (χ0n) is 11.2. The molecule has 3 heterocycles. The second-order valence-electron chi connectivity index (χ2n) is 5.03. The summed E-state index contributed by atoms with van der Waals surface area (Å²) >= 11 is 0. The van der Waals surface area contributed by atoms with Crippen LogP contribution in [0, 0.1) is 11.8 Å². The summed E-state index contributed by atoms with van der Waals surface area (Å²) in [5.74, 6) is 6.20. The molecule has 3 heteroatoms. The van der Waals surface area contributed by atoms with Crippen LogP contribution in [-0.4, -0.2) is 61.2 Å². The summed E-state index contributed by atoms with van der Waals surface area (Å²) in [6, 6.07) is 1.32. The first-order valence-corrected chi connectivity index (χ1v) is 6.94. The third-order valence-corrected chi connectivity index (χ3v) is 4.01. The highest BCUT2D eigenvalue weighted by molar-refractivity contribution is 4.99. The first kappa shape index (κ1) is 12.9. The maximum Gasteiger partial charge on any atom is 0.0377 e. The minimum Gasteiger partial charge on any atom is -0.313 e. The van der Waals surface area contributed by atoms with E-state index >= 15 is 0 Å². The van der Waals surface area contributed by atoms with Crippen molar-refractivity contribution >= 4 is 0 Å². The van der Waals surface area contributed by atoms with Crippen LogP contribution in [-0.2, 0) is 0 Å². The Morgan fingerprint density at radius 1 is 1.29 bits per heavy atom. The van der Waals surface area contributed by atoms with E-state index in [1.165, 1.54) is 39.1 Å². The Morgan fingerprint density at radius 3 is 2.59 bits per heavy atom. The van der Waals surface area contributed by atoms with Gasteiger partial charge in [0, 0.05) is 51.2 Å². The van der Waals surface area contributed by atoms with E-state index in [4.69, 9.17) is 0 Å². The molecule has 3 fully saturated rings. The lowest BCUT2D eigenvalue weighted by Gasteiger charge is -2.50. The van der Waals surface area contributed by atoms with Gasteiger partial charge in [0.15, 0.2) is 0 Å². The topological polar surface area (TPSA) is 18.5 Å². The zero-order chi connectivity index (χ0) is 12.1. The van der Waals surface area contributed by atoms with E-state index in [-0.39, 0.29) is 0 Å². The molecule has 17 heavy (non-hydrogen) atoms. The van der Waals surface area contributed by atoms with E-state index in [1.54, 1.807) is 0 Å². The van der Waals surface area contributed by atoms with Gasteiger partial charge in [0.25, 0.3) is 0 Å². The monoisotopic (exact) mass is 235 g/mol. The van der Waals surface area contributed by atoms with Crippen LogP contribution in [0.4, 0.5) is 0 Å². The van der Waals surface area contributed by atoms with Crippen molar-refractivity contribution in [1.29, 1.82) is 0 Å². The van der Waals surface area contributed by atoms with Gasteiger partial charge in [-0.2, -0.15) is 0 Å². The molecule has 0 aliphatic carbocycles. The molecule has 96 valence electrons. The third kappa shape index (κ3) is 3.22. The molecule has 0 spiro atoms. The minimum absolute atomic E-state index is 0.615. The van der Waals surface area contributed by atoms with Crippen molar-refractivity contribution in [2.75, 3.05) is 39.3 Å². The van der Waals surface area contributed by atoms with Gasteiger partial charge in [0.1, 0.15) is 0 Å². The van der Waals surface area contributed by atoms with Crippen LogP contribution >= 0.6 is 0 Å². The molecule has 2 atom stereocenters. The van der Waals surface area contributed by atoms with Crippen LogP contribution in [0.5, 0.6) is 0 Å². The fourth-order valence-electron chi connectivity index (χ4n) is 3.08. The van der Waals surface area contributed by atoms with E-state index in [9.17, 15) is 0 Å². The average molecular weight is 235 g/mol. The quantitative estimate of drug-likeness (QED) is 0.710. The van der Waals surface area contributed by atoms with Crippen LogP contribution in [0.2, 0.25) is 0 Å². The van der Waals surface area contributed by atoms with Crippen molar-refractivity contribution in [3.05, 3.63) is 0 Å². The molecule has 3 saturated heterocycles. The summed E-state index contributed by atoms with van der Waals surface area (Å²) in [4.78, 5) is 5.28. The molecule has 3 nitrogen and oxygen atoms in total. The molecule has 0 aromatic carbocycles. The van der Waals surface area contributed by atoms with Gasteiger partial charge in [0.05, 0.1) is 0 Å². The molecule has 3 aliphatic rings. The minimum atomic E-state index is 0.615. The second kappa shape index (κ2) is 6.39. The van der Waals surface area contributed by atoms with E-state index in [1.807, 2.05) is 6.92 Å². The summed E-state index contributed by atoms with van der Waals surface area (Å²) in [7, 11) is 0. The molecule has 2 unspecified atom stereocenters. The van der Waals surface area contributed by atoms with Crippen molar-refractivity contribution in [3.63, 3.8) is 0 Å². The molecule has 0 aromatic heterocycles. The average Bonchev–Trinajstić information content (AvgIpc) is 2.39. The molecular formula is C14H25N3. The molecule has 1 N–H and O–H groups in total.